The molecule has 0 radical (unpaired) electrons. The Morgan fingerprint density at radius 2 is 1.39 bits per heavy atom. The summed E-state index contributed by atoms with van der Waals surface area (Å²) in [5.74, 6) is 2.20. The summed E-state index contributed by atoms with van der Waals surface area (Å²) in [6.07, 6.45) is 8.45. The van der Waals surface area contributed by atoms with Gasteiger partial charge in [-0.2, -0.15) is 0 Å². The molecular formula is C26H31N3O2. The molecule has 0 heterocycles. The number of nitrogens with two attached hydrogens (primary N) is 1. The lowest BCUT2D eigenvalue weighted by atomic mass is 9.48. The van der Waals surface area contributed by atoms with E-state index in [1.807, 2.05) is 6.92 Å². The summed E-state index contributed by atoms with van der Waals surface area (Å²) in [4.78, 5) is 23.7. The molecule has 162 valence electrons. The van der Waals surface area contributed by atoms with E-state index < -0.39 is 5.91 Å². The first kappa shape index (κ1) is 20.1. The molecule has 4 bridgehead atoms. The Bertz CT molecular complexity index is 945. The number of anilines is 2. The summed E-state index contributed by atoms with van der Waals surface area (Å²) in [5.41, 5.74) is 9.16. The molecule has 0 aliphatic heterocycles. The molecule has 4 aliphatic rings. The van der Waals surface area contributed by atoms with Crippen molar-refractivity contribution in [3.63, 3.8) is 0 Å². The number of amides is 2. The zero-order valence-electron chi connectivity index (χ0n) is 18.1. The fourth-order valence-electron chi connectivity index (χ4n) is 6.67. The average molecular weight is 418 g/mol. The van der Waals surface area contributed by atoms with Crippen LogP contribution in [0.4, 0.5) is 11.4 Å². The summed E-state index contributed by atoms with van der Waals surface area (Å²) >= 11 is 0. The van der Waals surface area contributed by atoms with Gasteiger partial charge in [0.1, 0.15) is 6.04 Å². The molecule has 4 aliphatic carbocycles. The molecule has 6 rings (SSSR count). The predicted octanol–water partition coefficient (Wildman–Crippen LogP) is 4.69. The summed E-state index contributed by atoms with van der Waals surface area (Å²) in [6.45, 7) is 1.85. The van der Waals surface area contributed by atoms with Gasteiger partial charge in [0.05, 0.1) is 0 Å². The highest BCUT2D eigenvalue weighted by Crippen LogP contribution is 2.60. The first-order valence-corrected chi connectivity index (χ1v) is 11.5. The highest BCUT2D eigenvalue weighted by Gasteiger charge is 2.51. The quantitative estimate of drug-likeness (QED) is 0.637. The van der Waals surface area contributed by atoms with Gasteiger partial charge in [0.15, 0.2) is 0 Å². The zero-order valence-corrected chi connectivity index (χ0v) is 18.1. The van der Waals surface area contributed by atoms with E-state index in [1.54, 1.807) is 24.3 Å². The van der Waals surface area contributed by atoms with Crippen molar-refractivity contribution in [3.8, 4) is 0 Å². The highest BCUT2D eigenvalue weighted by atomic mass is 16.2. The second-order valence-corrected chi connectivity index (χ2v) is 10.1. The van der Waals surface area contributed by atoms with E-state index >= 15 is 0 Å². The molecule has 5 nitrogen and oxygen atoms in total. The topological polar surface area (TPSA) is 84.2 Å². The fourth-order valence-corrected chi connectivity index (χ4v) is 6.67. The van der Waals surface area contributed by atoms with E-state index in [2.05, 4.69) is 34.9 Å². The van der Waals surface area contributed by atoms with Crippen molar-refractivity contribution in [2.75, 3.05) is 10.6 Å². The van der Waals surface area contributed by atoms with Crippen LogP contribution in [0.3, 0.4) is 0 Å². The van der Waals surface area contributed by atoms with Crippen molar-refractivity contribution in [2.24, 2.45) is 23.5 Å². The number of carbonyl (C=O) groups is 2. The summed E-state index contributed by atoms with van der Waals surface area (Å²) < 4.78 is 0. The Morgan fingerprint density at radius 3 is 1.90 bits per heavy atom. The van der Waals surface area contributed by atoms with E-state index in [1.165, 1.54) is 44.1 Å². The van der Waals surface area contributed by atoms with Crippen LogP contribution in [0.25, 0.3) is 0 Å². The smallest absolute Gasteiger partial charge is 0.248 e. The highest BCUT2D eigenvalue weighted by molar-refractivity contribution is 5.97. The van der Waals surface area contributed by atoms with Crippen LogP contribution in [0.5, 0.6) is 0 Å². The largest absolute Gasteiger partial charge is 0.374 e. The number of nitrogens with one attached hydrogen (secondary N) is 2. The van der Waals surface area contributed by atoms with Crippen LogP contribution in [-0.4, -0.2) is 17.9 Å². The van der Waals surface area contributed by atoms with Crippen LogP contribution in [0.1, 0.15) is 61.4 Å². The maximum atomic E-state index is 12.6. The van der Waals surface area contributed by atoms with Gasteiger partial charge < -0.3 is 16.4 Å². The minimum absolute atomic E-state index is 0.128. The number of hydrogen-bond acceptors (Lipinski definition) is 3. The maximum Gasteiger partial charge on any atom is 0.248 e. The molecule has 2 amide bonds. The third kappa shape index (κ3) is 3.93. The number of hydrogen-bond donors (Lipinski definition) is 3. The second kappa shape index (κ2) is 7.70. The van der Waals surface area contributed by atoms with E-state index in [0.29, 0.717) is 16.7 Å². The van der Waals surface area contributed by atoms with Crippen molar-refractivity contribution in [1.29, 1.82) is 0 Å². The van der Waals surface area contributed by atoms with Gasteiger partial charge in [-0.25, -0.2) is 0 Å². The fraction of sp³-hybridized carbons (Fsp3) is 0.462. The van der Waals surface area contributed by atoms with E-state index in [9.17, 15) is 9.59 Å². The molecule has 4 N–H and O–H groups in total. The molecule has 31 heavy (non-hydrogen) atoms. The number of rotatable bonds is 6. The van der Waals surface area contributed by atoms with E-state index in [0.717, 1.165) is 23.4 Å². The van der Waals surface area contributed by atoms with Gasteiger partial charge in [0.2, 0.25) is 11.8 Å². The van der Waals surface area contributed by atoms with Crippen molar-refractivity contribution in [1.82, 2.24) is 0 Å². The molecule has 5 heteroatoms. The Balaban J connectivity index is 1.21. The van der Waals surface area contributed by atoms with Gasteiger partial charge in [0.25, 0.3) is 0 Å². The molecule has 0 aromatic heterocycles. The van der Waals surface area contributed by atoms with E-state index in [4.69, 9.17) is 5.73 Å². The standard InChI is InChI=1S/C26H31N3O2/c1-16(25(31)29-23-6-2-20(3-7-23)24(27)30)28-22-8-4-21(5-9-22)26-13-17-10-18(14-26)12-19(11-17)15-26/h2-9,16-19,28H,10-15H2,1H3,(H2,27,30)(H,29,31)/t16-,17?,18?,19?,26?/m0/s1. The van der Waals surface area contributed by atoms with Crippen LogP contribution in [0.2, 0.25) is 0 Å². The molecule has 0 spiro atoms. The monoisotopic (exact) mass is 417 g/mol. The minimum Gasteiger partial charge on any atom is -0.374 e. The Morgan fingerprint density at radius 1 is 0.871 bits per heavy atom. The van der Waals surface area contributed by atoms with Gasteiger partial charge in [-0.1, -0.05) is 12.1 Å². The van der Waals surface area contributed by atoms with Crippen molar-refractivity contribution in [2.45, 2.75) is 56.9 Å². The van der Waals surface area contributed by atoms with E-state index in [-0.39, 0.29) is 11.9 Å². The molecule has 0 unspecified atom stereocenters. The molecule has 4 saturated carbocycles. The van der Waals surface area contributed by atoms with Crippen LogP contribution in [0, 0.1) is 17.8 Å². The van der Waals surface area contributed by atoms with Crippen molar-refractivity contribution < 1.29 is 9.59 Å². The van der Waals surface area contributed by atoms with Gasteiger partial charge in [-0.3, -0.25) is 9.59 Å². The lowest BCUT2D eigenvalue weighted by Crippen LogP contribution is -2.48. The number of carbonyl (C=O) groups excluding carboxylic acids is 2. The van der Waals surface area contributed by atoms with Gasteiger partial charge in [-0.05, 0) is 111 Å². The zero-order chi connectivity index (χ0) is 21.6. The summed E-state index contributed by atoms with van der Waals surface area (Å²) in [6, 6.07) is 15.0. The molecule has 1 atom stereocenters. The lowest BCUT2D eigenvalue weighted by molar-refractivity contribution is -0.116. The first-order valence-electron chi connectivity index (χ1n) is 11.5. The second-order valence-electron chi connectivity index (χ2n) is 10.1. The minimum atomic E-state index is -0.482. The summed E-state index contributed by atoms with van der Waals surface area (Å²) in [7, 11) is 0. The number of benzene rings is 2. The van der Waals surface area contributed by atoms with Gasteiger partial charge in [-0.15, -0.1) is 0 Å². The first-order chi connectivity index (χ1) is 14.9. The lowest BCUT2D eigenvalue weighted by Gasteiger charge is -2.57. The van der Waals surface area contributed by atoms with Crippen molar-refractivity contribution >= 4 is 23.2 Å². The predicted molar refractivity (Wildman–Crippen MR) is 123 cm³/mol. The molecule has 0 saturated heterocycles. The van der Waals surface area contributed by atoms with Crippen LogP contribution < -0.4 is 16.4 Å². The average Bonchev–Trinajstić information content (AvgIpc) is 2.73. The van der Waals surface area contributed by atoms with Crippen molar-refractivity contribution in [3.05, 3.63) is 59.7 Å². The molecular weight excluding hydrogens is 386 g/mol. The normalized spacial score (nSPS) is 29.4. The molecule has 2 aromatic rings. The summed E-state index contributed by atoms with van der Waals surface area (Å²) in [5, 5.41) is 6.18. The third-order valence-corrected chi connectivity index (χ3v) is 7.75. The molecule has 2 aromatic carbocycles. The number of primary amides is 1. The third-order valence-electron chi connectivity index (χ3n) is 7.75. The van der Waals surface area contributed by atoms with Crippen LogP contribution in [0.15, 0.2) is 48.5 Å². The Kier molecular flexibility index (Phi) is 4.99. The van der Waals surface area contributed by atoms with Crippen LogP contribution in [-0.2, 0) is 10.2 Å². The Labute approximate surface area is 183 Å². The maximum absolute atomic E-state index is 12.6. The SMILES string of the molecule is C[C@H](Nc1ccc(C23CC4CC(CC(C4)C2)C3)cc1)C(=O)Nc1ccc(C(N)=O)cc1. The van der Waals surface area contributed by atoms with Gasteiger partial charge in [0, 0.05) is 16.9 Å². The Hall–Kier alpha value is -2.82. The van der Waals surface area contributed by atoms with Gasteiger partial charge >= 0.3 is 0 Å². The molecule has 4 fully saturated rings. The van der Waals surface area contributed by atoms with Crippen LogP contribution >= 0.6 is 0 Å².